The van der Waals surface area contributed by atoms with Gasteiger partial charge in [-0.2, -0.15) is 4.31 Å². The molecular weight excluding hydrogens is 396 g/mol. The van der Waals surface area contributed by atoms with Gasteiger partial charge in [0.1, 0.15) is 0 Å². The number of amides is 1. The fraction of sp³-hybridized carbons (Fsp3) is 0.292. The normalized spacial score (nSPS) is 14.4. The van der Waals surface area contributed by atoms with E-state index in [2.05, 4.69) is 5.32 Å². The molecule has 0 saturated carbocycles. The molecule has 1 N–H and O–H groups in total. The van der Waals surface area contributed by atoms with Crippen LogP contribution >= 0.6 is 0 Å². The van der Waals surface area contributed by atoms with Crippen LogP contribution in [-0.2, 0) is 34.2 Å². The van der Waals surface area contributed by atoms with Crippen molar-refractivity contribution in [1.82, 2.24) is 4.31 Å². The Morgan fingerprint density at radius 3 is 2.67 bits per heavy atom. The molecule has 0 aliphatic carbocycles. The highest BCUT2D eigenvalue weighted by molar-refractivity contribution is 7.89. The van der Waals surface area contributed by atoms with Gasteiger partial charge in [0, 0.05) is 18.8 Å². The molecule has 0 spiro atoms. The molecule has 1 heterocycles. The molecule has 0 radical (unpaired) electrons. The van der Waals surface area contributed by atoms with Gasteiger partial charge in [0.25, 0.3) is 0 Å². The van der Waals surface area contributed by atoms with Gasteiger partial charge >= 0.3 is 0 Å². The molecule has 5 nitrogen and oxygen atoms in total. The van der Waals surface area contributed by atoms with Crippen LogP contribution in [0.3, 0.4) is 0 Å². The second-order valence-electron chi connectivity index (χ2n) is 7.75. The zero-order valence-corrected chi connectivity index (χ0v) is 17.9. The first-order valence-corrected chi connectivity index (χ1v) is 11.9. The molecule has 30 heavy (non-hydrogen) atoms. The third-order valence-electron chi connectivity index (χ3n) is 5.55. The Kier molecular flexibility index (Phi) is 5.88. The predicted octanol–water partition coefficient (Wildman–Crippen LogP) is 4.12. The van der Waals surface area contributed by atoms with Gasteiger partial charge in [-0.1, -0.05) is 55.5 Å². The summed E-state index contributed by atoms with van der Waals surface area (Å²) in [6.45, 7) is 2.76. The Morgan fingerprint density at radius 1 is 1.03 bits per heavy atom. The van der Waals surface area contributed by atoms with Gasteiger partial charge in [0.2, 0.25) is 15.9 Å². The lowest BCUT2D eigenvalue weighted by atomic mass is 10.00. The monoisotopic (exact) mass is 422 g/mol. The van der Waals surface area contributed by atoms with Crippen LogP contribution in [0, 0.1) is 0 Å². The summed E-state index contributed by atoms with van der Waals surface area (Å²) in [5.74, 6) is 0.0848. The lowest BCUT2D eigenvalue weighted by Gasteiger charge is -2.28. The van der Waals surface area contributed by atoms with E-state index in [0.717, 1.165) is 27.5 Å². The van der Waals surface area contributed by atoms with Crippen LogP contribution in [0.25, 0.3) is 10.8 Å². The average molecular weight is 423 g/mol. The van der Waals surface area contributed by atoms with E-state index in [1.165, 1.54) is 0 Å². The third-order valence-corrected chi connectivity index (χ3v) is 7.58. The largest absolute Gasteiger partial charge is 0.326 e. The summed E-state index contributed by atoms with van der Waals surface area (Å²) >= 11 is 0. The van der Waals surface area contributed by atoms with Gasteiger partial charge in [-0.25, -0.2) is 8.42 Å². The topological polar surface area (TPSA) is 66.5 Å². The molecule has 0 unspecified atom stereocenters. The third kappa shape index (κ3) is 4.40. The fourth-order valence-electron chi connectivity index (χ4n) is 4.06. The predicted molar refractivity (Wildman–Crippen MR) is 121 cm³/mol. The zero-order chi connectivity index (χ0) is 21.1. The number of carbonyl (C=O) groups excluding carboxylic acids is 1. The molecule has 1 aliphatic rings. The van der Waals surface area contributed by atoms with Crippen LogP contribution in [0.5, 0.6) is 0 Å². The van der Waals surface area contributed by atoms with E-state index < -0.39 is 10.0 Å². The van der Waals surface area contributed by atoms with Gasteiger partial charge in [-0.15, -0.1) is 0 Å². The van der Waals surface area contributed by atoms with Crippen molar-refractivity contribution in [2.24, 2.45) is 0 Å². The van der Waals surface area contributed by atoms with Crippen molar-refractivity contribution in [2.45, 2.75) is 32.7 Å². The second-order valence-corrected chi connectivity index (χ2v) is 9.83. The molecule has 3 aromatic carbocycles. The summed E-state index contributed by atoms with van der Waals surface area (Å²) in [5, 5.41) is 5.17. The van der Waals surface area contributed by atoms with E-state index in [0.29, 0.717) is 31.6 Å². The van der Waals surface area contributed by atoms with Crippen LogP contribution in [0.1, 0.15) is 30.0 Å². The summed E-state index contributed by atoms with van der Waals surface area (Å²) in [6.07, 6.45) is 1.59. The SMILES string of the molecule is CCCS(=O)(=O)N1CCc2ccc(NC(=O)Cc3cccc4ccccc34)cc2C1. The first-order chi connectivity index (χ1) is 14.5. The highest BCUT2D eigenvalue weighted by Gasteiger charge is 2.26. The molecule has 6 heteroatoms. The Hall–Kier alpha value is -2.70. The van der Waals surface area contributed by atoms with Crippen molar-refractivity contribution in [3.05, 3.63) is 77.4 Å². The van der Waals surface area contributed by atoms with Crippen molar-refractivity contribution in [3.8, 4) is 0 Å². The number of hydrogen-bond acceptors (Lipinski definition) is 3. The minimum absolute atomic E-state index is 0.0856. The standard InChI is InChI=1S/C24H26N2O3S/c1-2-14-30(28,29)26-13-12-18-10-11-22(15-21(18)17-26)25-24(27)16-20-8-5-7-19-6-3-4-9-23(19)20/h3-11,15H,2,12-14,16-17H2,1H3,(H,25,27). The first-order valence-electron chi connectivity index (χ1n) is 10.3. The number of fused-ring (bicyclic) bond motifs is 2. The number of nitrogens with zero attached hydrogens (tertiary/aromatic N) is 1. The quantitative estimate of drug-likeness (QED) is 0.650. The Bertz CT molecular complexity index is 1180. The summed E-state index contributed by atoms with van der Waals surface area (Å²) in [5.41, 5.74) is 3.79. The molecule has 0 bridgehead atoms. The molecule has 0 aromatic heterocycles. The van der Waals surface area contributed by atoms with Crippen LogP contribution in [-0.4, -0.2) is 30.9 Å². The van der Waals surface area contributed by atoms with Crippen molar-refractivity contribution < 1.29 is 13.2 Å². The molecule has 0 saturated heterocycles. The maximum absolute atomic E-state index is 12.7. The highest BCUT2D eigenvalue weighted by atomic mass is 32.2. The summed E-state index contributed by atoms with van der Waals surface area (Å²) < 4.78 is 26.4. The minimum Gasteiger partial charge on any atom is -0.326 e. The molecule has 1 aliphatic heterocycles. The number of carbonyl (C=O) groups is 1. The van der Waals surface area contributed by atoms with Gasteiger partial charge in [-0.05, 0) is 52.4 Å². The number of rotatable bonds is 6. The first kappa shape index (κ1) is 20.6. The minimum atomic E-state index is -3.23. The van der Waals surface area contributed by atoms with E-state index in [1.807, 2.05) is 67.6 Å². The molecule has 4 rings (SSSR count). The van der Waals surface area contributed by atoms with E-state index in [9.17, 15) is 13.2 Å². The number of benzene rings is 3. The molecular formula is C24H26N2O3S. The van der Waals surface area contributed by atoms with Crippen LogP contribution < -0.4 is 5.32 Å². The van der Waals surface area contributed by atoms with Gasteiger partial charge < -0.3 is 5.32 Å². The van der Waals surface area contributed by atoms with E-state index in [1.54, 1.807) is 4.31 Å². The molecule has 1 amide bonds. The fourth-order valence-corrected chi connectivity index (χ4v) is 5.54. The van der Waals surface area contributed by atoms with Gasteiger partial charge in [0.05, 0.1) is 12.2 Å². The average Bonchev–Trinajstić information content (AvgIpc) is 2.73. The maximum atomic E-state index is 12.7. The Balaban J connectivity index is 1.49. The van der Waals surface area contributed by atoms with Crippen LogP contribution in [0.4, 0.5) is 5.69 Å². The van der Waals surface area contributed by atoms with Crippen molar-refractivity contribution in [3.63, 3.8) is 0 Å². The molecule has 3 aromatic rings. The lowest BCUT2D eigenvalue weighted by molar-refractivity contribution is -0.115. The lowest BCUT2D eigenvalue weighted by Crippen LogP contribution is -2.37. The Morgan fingerprint density at radius 2 is 1.83 bits per heavy atom. The van der Waals surface area contributed by atoms with Crippen LogP contribution in [0.15, 0.2) is 60.7 Å². The number of sulfonamides is 1. The smallest absolute Gasteiger partial charge is 0.228 e. The molecule has 156 valence electrons. The molecule has 0 atom stereocenters. The number of nitrogens with one attached hydrogen (secondary N) is 1. The van der Waals surface area contributed by atoms with E-state index >= 15 is 0 Å². The zero-order valence-electron chi connectivity index (χ0n) is 17.1. The van der Waals surface area contributed by atoms with Crippen molar-refractivity contribution in [2.75, 3.05) is 17.6 Å². The summed E-state index contributed by atoms with van der Waals surface area (Å²) in [4.78, 5) is 12.7. The Labute approximate surface area is 177 Å². The number of hydrogen-bond donors (Lipinski definition) is 1. The van der Waals surface area contributed by atoms with Gasteiger partial charge in [0.15, 0.2) is 0 Å². The summed E-state index contributed by atoms with van der Waals surface area (Å²) in [7, 11) is -3.23. The number of anilines is 1. The van der Waals surface area contributed by atoms with E-state index in [-0.39, 0.29) is 18.1 Å². The van der Waals surface area contributed by atoms with Crippen molar-refractivity contribution >= 4 is 32.4 Å². The highest BCUT2D eigenvalue weighted by Crippen LogP contribution is 2.25. The van der Waals surface area contributed by atoms with Crippen molar-refractivity contribution in [1.29, 1.82) is 0 Å². The van der Waals surface area contributed by atoms with Crippen LogP contribution in [0.2, 0.25) is 0 Å². The van der Waals surface area contributed by atoms with Gasteiger partial charge in [-0.3, -0.25) is 4.79 Å². The molecule has 0 fully saturated rings. The summed E-state index contributed by atoms with van der Waals surface area (Å²) in [6, 6.07) is 19.8. The van der Waals surface area contributed by atoms with E-state index in [4.69, 9.17) is 0 Å². The maximum Gasteiger partial charge on any atom is 0.228 e. The second kappa shape index (κ2) is 8.58.